The summed E-state index contributed by atoms with van der Waals surface area (Å²) in [7, 11) is 2.13. The Balaban J connectivity index is 2.48. The molecule has 1 aliphatic rings. The molecule has 1 unspecified atom stereocenters. The van der Waals surface area contributed by atoms with E-state index in [0.717, 1.165) is 13.1 Å². The molecule has 11 heavy (non-hydrogen) atoms. The largest absolute Gasteiger partial charge is 0.306 e. The molecule has 0 radical (unpaired) electrons. The minimum atomic E-state index is -0.162. The van der Waals surface area contributed by atoms with Crippen LogP contribution in [0, 0.1) is 5.92 Å². The van der Waals surface area contributed by atoms with Gasteiger partial charge in [0.2, 0.25) is 0 Å². The van der Waals surface area contributed by atoms with Gasteiger partial charge < -0.3 is 4.90 Å². The fourth-order valence-corrected chi connectivity index (χ4v) is 1.60. The van der Waals surface area contributed by atoms with Crippen molar-refractivity contribution in [1.29, 1.82) is 0 Å². The second-order valence-electron chi connectivity index (χ2n) is 3.97. The molecule has 0 aromatic carbocycles. The molecule has 0 bridgehead atoms. The molecule has 0 aliphatic carbocycles. The highest BCUT2D eigenvalue weighted by atomic mass is 16.6. The molecule has 1 fully saturated rings. The van der Waals surface area contributed by atoms with Crippen molar-refractivity contribution < 1.29 is 4.84 Å². The van der Waals surface area contributed by atoms with Crippen LogP contribution in [0.3, 0.4) is 0 Å². The lowest BCUT2D eigenvalue weighted by Gasteiger charge is -2.28. The maximum Gasteiger partial charge on any atom is 0.0878 e. The monoisotopic (exact) mass is 158 g/mol. The van der Waals surface area contributed by atoms with Crippen LogP contribution in [0.2, 0.25) is 0 Å². The highest BCUT2D eigenvalue weighted by Crippen LogP contribution is 2.27. The van der Waals surface area contributed by atoms with Gasteiger partial charge in [0.15, 0.2) is 0 Å². The van der Waals surface area contributed by atoms with Crippen molar-refractivity contribution in [2.75, 3.05) is 20.1 Å². The van der Waals surface area contributed by atoms with Crippen LogP contribution in [0.5, 0.6) is 0 Å². The van der Waals surface area contributed by atoms with Gasteiger partial charge >= 0.3 is 0 Å². The summed E-state index contributed by atoms with van der Waals surface area (Å²) in [5.74, 6) is 5.79. The number of hydrogen-bond donors (Lipinski definition) is 1. The van der Waals surface area contributed by atoms with Crippen LogP contribution < -0.4 is 5.90 Å². The number of nitrogens with two attached hydrogens (primary N) is 1. The molecule has 0 aromatic heterocycles. The first-order valence-corrected chi connectivity index (χ1v) is 4.12. The highest BCUT2D eigenvalue weighted by molar-refractivity contribution is 4.85. The zero-order chi connectivity index (χ0) is 8.48. The van der Waals surface area contributed by atoms with Crippen molar-refractivity contribution in [2.45, 2.75) is 25.9 Å². The van der Waals surface area contributed by atoms with Crippen molar-refractivity contribution in [3.63, 3.8) is 0 Å². The number of likely N-dealkylation sites (tertiary alicyclic amines) is 1. The Morgan fingerprint density at radius 3 is 2.55 bits per heavy atom. The second kappa shape index (κ2) is 3.09. The topological polar surface area (TPSA) is 38.5 Å². The Morgan fingerprint density at radius 2 is 2.18 bits per heavy atom. The van der Waals surface area contributed by atoms with Crippen molar-refractivity contribution in [3.8, 4) is 0 Å². The normalized spacial score (nSPS) is 27.8. The summed E-state index contributed by atoms with van der Waals surface area (Å²) in [5.41, 5.74) is -0.162. The lowest BCUT2D eigenvalue weighted by atomic mass is 9.90. The van der Waals surface area contributed by atoms with Crippen molar-refractivity contribution in [3.05, 3.63) is 0 Å². The molecular weight excluding hydrogens is 140 g/mol. The van der Waals surface area contributed by atoms with E-state index in [4.69, 9.17) is 10.7 Å². The lowest BCUT2D eigenvalue weighted by Crippen LogP contribution is -2.38. The average Bonchev–Trinajstić information content (AvgIpc) is 2.36. The molecule has 0 saturated carbocycles. The standard InChI is InChI=1S/C8H18N2O/c1-8(2,11-9)7-4-5-10(3)6-7/h7H,4-6,9H2,1-3H3. The van der Waals surface area contributed by atoms with Crippen LogP contribution >= 0.6 is 0 Å². The number of nitrogens with zero attached hydrogens (tertiary/aromatic N) is 1. The molecule has 1 atom stereocenters. The van der Waals surface area contributed by atoms with Crippen LogP contribution in [-0.4, -0.2) is 30.6 Å². The first kappa shape index (κ1) is 8.97. The molecule has 1 saturated heterocycles. The van der Waals surface area contributed by atoms with Crippen molar-refractivity contribution >= 4 is 0 Å². The van der Waals surface area contributed by atoms with Gasteiger partial charge in [0.1, 0.15) is 0 Å². The van der Waals surface area contributed by atoms with Crippen LogP contribution in [0.1, 0.15) is 20.3 Å². The Morgan fingerprint density at radius 1 is 1.55 bits per heavy atom. The van der Waals surface area contributed by atoms with E-state index in [1.807, 2.05) is 0 Å². The van der Waals surface area contributed by atoms with E-state index in [9.17, 15) is 0 Å². The molecule has 2 N–H and O–H groups in total. The van der Waals surface area contributed by atoms with Gasteiger partial charge in [-0.15, -0.1) is 0 Å². The molecule has 3 heteroatoms. The summed E-state index contributed by atoms with van der Waals surface area (Å²) < 4.78 is 0. The SMILES string of the molecule is CN1CCC(C(C)(C)ON)C1. The van der Waals surface area contributed by atoms with Crippen LogP contribution in [0.25, 0.3) is 0 Å². The molecule has 0 aromatic rings. The summed E-state index contributed by atoms with van der Waals surface area (Å²) >= 11 is 0. The first-order valence-electron chi connectivity index (χ1n) is 4.12. The fraction of sp³-hybridized carbons (Fsp3) is 1.00. The van der Waals surface area contributed by atoms with Gasteiger partial charge in [-0.1, -0.05) is 0 Å². The summed E-state index contributed by atoms with van der Waals surface area (Å²) in [4.78, 5) is 7.25. The van der Waals surface area contributed by atoms with Gasteiger partial charge in [0.25, 0.3) is 0 Å². The van der Waals surface area contributed by atoms with E-state index in [1.165, 1.54) is 6.42 Å². The molecule has 1 aliphatic heterocycles. The molecule has 3 nitrogen and oxygen atoms in total. The molecule has 0 spiro atoms. The van der Waals surface area contributed by atoms with E-state index in [1.54, 1.807) is 0 Å². The molecular formula is C8H18N2O. The fourth-order valence-electron chi connectivity index (χ4n) is 1.60. The molecule has 1 rings (SSSR count). The van der Waals surface area contributed by atoms with Gasteiger partial charge in [-0.2, -0.15) is 0 Å². The Kier molecular flexibility index (Phi) is 2.52. The van der Waals surface area contributed by atoms with E-state index in [0.29, 0.717) is 5.92 Å². The van der Waals surface area contributed by atoms with Crippen LogP contribution in [-0.2, 0) is 4.84 Å². The zero-order valence-electron chi connectivity index (χ0n) is 7.63. The third-order valence-corrected chi connectivity index (χ3v) is 2.68. The summed E-state index contributed by atoms with van der Waals surface area (Å²) in [6.07, 6.45) is 1.20. The van der Waals surface area contributed by atoms with E-state index >= 15 is 0 Å². The van der Waals surface area contributed by atoms with Gasteiger partial charge in [-0.25, -0.2) is 5.90 Å². The predicted octanol–water partition coefficient (Wildman–Crippen LogP) is 0.607. The van der Waals surface area contributed by atoms with Crippen molar-refractivity contribution in [2.24, 2.45) is 11.8 Å². The van der Waals surface area contributed by atoms with Gasteiger partial charge in [-0.05, 0) is 33.9 Å². The predicted molar refractivity (Wildman–Crippen MR) is 45.0 cm³/mol. The van der Waals surface area contributed by atoms with E-state index in [-0.39, 0.29) is 5.60 Å². The van der Waals surface area contributed by atoms with Crippen molar-refractivity contribution in [1.82, 2.24) is 4.90 Å². The van der Waals surface area contributed by atoms with E-state index in [2.05, 4.69) is 25.8 Å². The quantitative estimate of drug-likeness (QED) is 0.598. The van der Waals surface area contributed by atoms with Gasteiger partial charge in [0.05, 0.1) is 5.60 Å². The zero-order valence-corrected chi connectivity index (χ0v) is 7.63. The first-order chi connectivity index (χ1) is 5.06. The highest BCUT2D eigenvalue weighted by Gasteiger charge is 2.34. The summed E-state index contributed by atoms with van der Waals surface area (Å²) in [6.45, 7) is 6.37. The molecule has 0 amide bonds. The second-order valence-corrected chi connectivity index (χ2v) is 3.97. The summed E-state index contributed by atoms with van der Waals surface area (Å²) in [5, 5.41) is 0. The maximum atomic E-state index is 5.21. The summed E-state index contributed by atoms with van der Waals surface area (Å²) in [6, 6.07) is 0. The Hall–Kier alpha value is -0.120. The third kappa shape index (κ3) is 1.92. The van der Waals surface area contributed by atoms with Gasteiger partial charge in [0, 0.05) is 12.5 Å². The van der Waals surface area contributed by atoms with E-state index < -0.39 is 0 Å². The molecule has 66 valence electrons. The maximum absolute atomic E-state index is 5.21. The molecule has 1 heterocycles. The Bertz CT molecular complexity index is 136. The smallest absolute Gasteiger partial charge is 0.0878 e. The average molecular weight is 158 g/mol. The number of rotatable bonds is 2. The van der Waals surface area contributed by atoms with Crippen LogP contribution in [0.4, 0.5) is 0 Å². The van der Waals surface area contributed by atoms with Crippen LogP contribution in [0.15, 0.2) is 0 Å². The lowest BCUT2D eigenvalue weighted by molar-refractivity contribution is -0.0591. The minimum Gasteiger partial charge on any atom is -0.306 e. The third-order valence-electron chi connectivity index (χ3n) is 2.68. The van der Waals surface area contributed by atoms with Gasteiger partial charge in [-0.3, -0.25) is 4.84 Å². The minimum absolute atomic E-state index is 0.162. The Labute approximate surface area is 68.5 Å². The number of hydrogen-bond acceptors (Lipinski definition) is 3.